The third-order valence-corrected chi connectivity index (χ3v) is 6.50. The first-order valence-electron chi connectivity index (χ1n) is 9.33. The highest BCUT2D eigenvalue weighted by atomic mass is 32.2. The first-order valence-corrected chi connectivity index (χ1v) is 11.1. The molecule has 10 nitrogen and oxygen atoms in total. The maximum atomic E-state index is 12.4. The number of carbonyl (C=O) groups excluding carboxylic acids is 3. The number of fused-ring (bicyclic) bond motifs is 1. The lowest BCUT2D eigenvalue weighted by atomic mass is 10.1. The van der Waals surface area contributed by atoms with Gasteiger partial charge in [-0.2, -0.15) is 0 Å². The van der Waals surface area contributed by atoms with E-state index in [-0.39, 0.29) is 24.1 Å². The lowest BCUT2D eigenvalue weighted by molar-refractivity contribution is 0.0664. The van der Waals surface area contributed by atoms with Crippen LogP contribution in [0.15, 0.2) is 62.0 Å². The lowest BCUT2D eigenvalue weighted by Crippen LogP contribution is -2.31. The van der Waals surface area contributed by atoms with Crippen molar-refractivity contribution in [1.29, 1.82) is 0 Å². The average Bonchev–Trinajstić information content (AvgIpc) is 3.59. The van der Waals surface area contributed by atoms with Crippen molar-refractivity contribution in [3.63, 3.8) is 0 Å². The van der Waals surface area contributed by atoms with Crippen molar-refractivity contribution in [2.24, 2.45) is 0 Å². The van der Waals surface area contributed by atoms with E-state index in [2.05, 4.69) is 20.7 Å². The maximum Gasteiger partial charge on any atom is 0.279 e. The van der Waals surface area contributed by atoms with Crippen molar-refractivity contribution < 1.29 is 23.3 Å². The van der Waals surface area contributed by atoms with Gasteiger partial charge >= 0.3 is 0 Å². The summed E-state index contributed by atoms with van der Waals surface area (Å²) in [5.74, 6) is 0.163. The number of nitrogens with zero attached hydrogens (tertiary/aromatic N) is 4. The molecule has 1 N–H and O–H groups in total. The molecule has 0 fully saturated rings. The van der Waals surface area contributed by atoms with Crippen LogP contribution >= 0.6 is 23.1 Å². The Hall–Kier alpha value is -3.77. The number of rotatable bonds is 7. The van der Waals surface area contributed by atoms with Crippen molar-refractivity contribution in [1.82, 2.24) is 20.3 Å². The molecule has 1 aliphatic rings. The largest absolute Gasteiger partial charge is 0.461 e. The summed E-state index contributed by atoms with van der Waals surface area (Å²) >= 11 is 2.51. The Bertz CT molecular complexity index is 1280. The molecule has 0 unspecified atom stereocenters. The van der Waals surface area contributed by atoms with E-state index in [1.807, 2.05) is 0 Å². The smallest absolute Gasteiger partial charge is 0.279 e. The Morgan fingerprint density at radius 3 is 2.56 bits per heavy atom. The van der Waals surface area contributed by atoms with Gasteiger partial charge in [-0.25, -0.2) is 0 Å². The number of furan rings is 1. The highest BCUT2D eigenvalue weighted by Gasteiger charge is 2.34. The van der Waals surface area contributed by atoms with Crippen molar-refractivity contribution >= 4 is 46.0 Å². The maximum absolute atomic E-state index is 12.4. The SMILES string of the molecule is O=C(Nc1nnc(SCCN2C(=O)c3ccccc3C2=O)s1)c1cc(-c2ccco2)on1. The van der Waals surface area contributed by atoms with E-state index in [4.69, 9.17) is 8.94 Å². The van der Waals surface area contributed by atoms with E-state index >= 15 is 0 Å². The first kappa shape index (κ1) is 20.2. The second-order valence-electron chi connectivity index (χ2n) is 6.54. The number of hydrogen-bond donors (Lipinski definition) is 1. The summed E-state index contributed by atoms with van der Waals surface area (Å²) in [6, 6.07) is 11.6. The molecule has 0 aliphatic carbocycles. The highest BCUT2D eigenvalue weighted by molar-refractivity contribution is 8.01. The van der Waals surface area contributed by atoms with E-state index in [1.165, 1.54) is 40.3 Å². The van der Waals surface area contributed by atoms with Crippen LogP contribution < -0.4 is 5.32 Å². The molecule has 32 heavy (non-hydrogen) atoms. The average molecular weight is 467 g/mol. The van der Waals surface area contributed by atoms with Crippen molar-refractivity contribution in [2.75, 3.05) is 17.6 Å². The third-order valence-electron chi connectivity index (χ3n) is 4.55. The standard InChI is InChI=1S/C20H13N5O5S2/c26-16(13-10-15(30-24-13)14-6-3-8-29-14)21-19-22-23-20(32-19)31-9-7-25-17(27)11-4-1-2-5-12(11)18(25)28/h1-6,8,10H,7,9H2,(H,21,22,26). The van der Waals surface area contributed by atoms with Crippen LogP contribution in [-0.2, 0) is 0 Å². The van der Waals surface area contributed by atoms with Crippen LogP contribution in [0.2, 0.25) is 0 Å². The summed E-state index contributed by atoms with van der Waals surface area (Å²) in [6.07, 6.45) is 1.49. The van der Waals surface area contributed by atoms with Gasteiger partial charge < -0.3 is 8.94 Å². The minimum atomic E-state index is -0.495. The monoisotopic (exact) mass is 467 g/mol. The van der Waals surface area contributed by atoms with Gasteiger partial charge in [0.1, 0.15) is 0 Å². The van der Waals surface area contributed by atoms with E-state index in [9.17, 15) is 14.4 Å². The van der Waals surface area contributed by atoms with Crippen molar-refractivity contribution in [3.8, 4) is 11.5 Å². The van der Waals surface area contributed by atoms with E-state index in [0.717, 1.165) is 0 Å². The molecule has 0 spiro atoms. The van der Waals surface area contributed by atoms with Crippen LogP contribution in [0.3, 0.4) is 0 Å². The number of amides is 3. The van der Waals surface area contributed by atoms with Gasteiger partial charge in [-0.15, -0.1) is 10.2 Å². The quantitative estimate of drug-likeness (QED) is 0.247. The van der Waals surface area contributed by atoms with Crippen molar-refractivity contribution in [2.45, 2.75) is 4.34 Å². The fourth-order valence-corrected chi connectivity index (χ4v) is 4.81. The van der Waals surface area contributed by atoms with Crippen LogP contribution in [0.4, 0.5) is 5.13 Å². The molecule has 3 aromatic heterocycles. The zero-order chi connectivity index (χ0) is 22.1. The molecule has 1 aliphatic heterocycles. The zero-order valence-electron chi connectivity index (χ0n) is 16.2. The van der Waals surface area contributed by atoms with Gasteiger partial charge in [-0.1, -0.05) is 40.4 Å². The van der Waals surface area contributed by atoms with Crippen LogP contribution in [0, 0.1) is 0 Å². The molecule has 5 rings (SSSR count). The van der Waals surface area contributed by atoms with E-state index < -0.39 is 5.91 Å². The van der Waals surface area contributed by atoms with Crippen LogP contribution in [0.1, 0.15) is 31.2 Å². The molecular weight excluding hydrogens is 454 g/mol. The number of nitrogens with one attached hydrogen (secondary N) is 1. The van der Waals surface area contributed by atoms with Gasteiger partial charge in [-0.3, -0.25) is 24.6 Å². The first-order chi connectivity index (χ1) is 15.6. The molecule has 0 saturated heterocycles. The number of anilines is 1. The fourth-order valence-electron chi connectivity index (χ4n) is 3.06. The van der Waals surface area contributed by atoms with E-state index in [1.54, 1.807) is 36.4 Å². The molecule has 0 radical (unpaired) electrons. The van der Waals surface area contributed by atoms with Crippen molar-refractivity contribution in [3.05, 3.63) is 65.5 Å². The van der Waals surface area contributed by atoms with Gasteiger partial charge in [0.15, 0.2) is 15.8 Å². The topological polar surface area (TPSA) is 131 Å². The summed E-state index contributed by atoms with van der Waals surface area (Å²) < 4.78 is 10.9. The van der Waals surface area contributed by atoms with E-state index in [0.29, 0.717) is 37.9 Å². The second kappa shape index (κ2) is 8.40. The Labute approximate surface area is 188 Å². The third kappa shape index (κ3) is 3.81. The van der Waals surface area contributed by atoms with Gasteiger partial charge in [0, 0.05) is 18.4 Å². The second-order valence-corrected chi connectivity index (χ2v) is 8.86. The summed E-state index contributed by atoms with van der Waals surface area (Å²) in [4.78, 5) is 38.4. The molecule has 160 valence electrons. The predicted molar refractivity (Wildman–Crippen MR) is 115 cm³/mol. The molecule has 3 amide bonds. The van der Waals surface area contributed by atoms with Crippen LogP contribution in [-0.4, -0.2) is 50.3 Å². The number of carbonyl (C=O) groups is 3. The van der Waals surface area contributed by atoms with Gasteiger partial charge in [0.25, 0.3) is 17.7 Å². The van der Waals surface area contributed by atoms with Gasteiger partial charge in [0.05, 0.1) is 17.4 Å². The fraction of sp³-hybridized carbons (Fsp3) is 0.100. The number of imide groups is 1. The Balaban J connectivity index is 1.15. The molecular formula is C20H13N5O5S2. The molecule has 4 heterocycles. The molecule has 0 atom stereocenters. The highest BCUT2D eigenvalue weighted by Crippen LogP contribution is 2.28. The molecule has 12 heteroatoms. The number of hydrogen-bond acceptors (Lipinski definition) is 10. The zero-order valence-corrected chi connectivity index (χ0v) is 17.8. The minimum absolute atomic E-state index is 0.0754. The Morgan fingerprint density at radius 2 is 1.84 bits per heavy atom. The molecule has 4 aromatic rings. The molecule has 0 bridgehead atoms. The number of benzene rings is 1. The molecule has 1 aromatic carbocycles. The minimum Gasteiger partial charge on any atom is -0.461 e. The lowest BCUT2D eigenvalue weighted by Gasteiger charge is -2.12. The number of thioether (sulfide) groups is 1. The van der Waals surface area contributed by atoms with Crippen LogP contribution in [0.25, 0.3) is 11.5 Å². The summed E-state index contributed by atoms with van der Waals surface area (Å²) in [5, 5.41) is 14.6. The Kier molecular flexibility index (Phi) is 5.29. The number of aromatic nitrogens is 3. The molecule has 0 saturated carbocycles. The Morgan fingerprint density at radius 1 is 1.06 bits per heavy atom. The predicted octanol–water partition coefficient (Wildman–Crippen LogP) is 3.43. The summed E-state index contributed by atoms with van der Waals surface area (Å²) in [6.45, 7) is 0.243. The van der Waals surface area contributed by atoms with Gasteiger partial charge in [0.2, 0.25) is 10.9 Å². The van der Waals surface area contributed by atoms with Crippen LogP contribution in [0.5, 0.6) is 0 Å². The summed E-state index contributed by atoms with van der Waals surface area (Å²) in [7, 11) is 0. The van der Waals surface area contributed by atoms with Gasteiger partial charge in [-0.05, 0) is 24.3 Å². The normalized spacial score (nSPS) is 12.9. The summed E-state index contributed by atoms with van der Waals surface area (Å²) in [5.41, 5.74) is 0.921.